The van der Waals surface area contributed by atoms with E-state index in [0.29, 0.717) is 17.1 Å². The van der Waals surface area contributed by atoms with Crippen LogP contribution in [0.2, 0.25) is 0 Å². The van der Waals surface area contributed by atoms with Gasteiger partial charge in [0.2, 0.25) is 0 Å². The maximum atomic E-state index is 13.7. The smallest absolute Gasteiger partial charge is 0.319 e. The molecule has 0 unspecified atom stereocenters. The van der Waals surface area contributed by atoms with Crippen LogP contribution in [-0.4, -0.2) is 29.1 Å². The number of benzene rings is 2. The number of thioether (sulfide) groups is 1. The third-order valence-corrected chi connectivity index (χ3v) is 5.41. The van der Waals surface area contributed by atoms with Gasteiger partial charge < -0.3 is 5.32 Å². The molecule has 130 valence electrons. The van der Waals surface area contributed by atoms with Crippen LogP contribution < -0.4 is 5.32 Å². The summed E-state index contributed by atoms with van der Waals surface area (Å²) in [4.78, 5) is 27.0. The van der Waals surface area contributed by atoms with Crippen molar-refractivity contribution in [2.24, 2.45) is 0 Å². The van der Waals surface area contributed by atoms with Crippen LogP contribution >= 0.6 is 11.8 Å². The van der Waals surface area contributed by atoms with Crippen LogP contribution in [0, 0.1) is 5.82 Å². The van der Waals surface area contributed by atoms with Crippen LogP contribution in [0.4, 0.5) is 9.18 Å². The fraction of sp³-hybridized carbons (Fsp3) is 0.263. The van der Waals surface area contributed by atoms with E-state index in [2.05, 4.69) is 5.32 Å². The number of carbonyl (C=O) groups excluding carboxylic acids is 2. The Morgan fingerprint density at radius 2 is 1.76 bits per heavy atom. The van der Waals surface area contributed by atoms with Gasteiger partial charge in [0.15, 0.2) is 0 Å². The van der Waals surface area contributed by atoms with Crippen LogP contribution in [0.3, 0.4) is 0 Å². The summed E-state index contributed by atoms with van der Waals surface area (Å²) in [6.45, 7) is 2.11. The van der Waals surface area contributed by atoms with Crippen molar-refractivity contribution in [1.29, 1.82) is 0 Å². The molecule has 1 aliphatic heterocycles. The molecule has 4 nitrogen and oxygen atoms in total. The second kappa shape index (κ2) is 7.27. The molecule has 0 aliphatic carbocycles. The van der Waals surface area contributed by atoms with E-state index in [0.717, 1.165) is 5.56 Å². The van der Waals surface area contributed by atoms with E-state index >= 15 is 0 Å². The predicted molar refractivity (Wildman–Crippen MR) is 95.8 cm³/mol. The minimum atomic E-state index is -1.01. The van der Waals surface area contributed by atoms with Gasteiger partial charge in [0.05, 0.1) is 0 Å². The molecule has 2 aromatic carbocycles. The highest BCUT2D eigenvalue weighted by atomic mass is 32.2. The molecule has 0 saturated carbocycles. The van der Waals surface area contributed by atoms with E-state index in [9.17, 15) is 14.0 Å². The van der Waals surface area contributed by atoms with Crippen molar-refractivity contribution < 1.29 is 14.0 Å². The number of nitrogens with zero attached hydrogens (tertiary/aromatic N) is 1. The molecule has 1 saturated heterocycles. The van der Waals surface area contributed by atoms with Crippen LogP contribution in [0.5, 0.6) is 0 Å². The highest BCUT2D eigenvalue weighted by Crippen LogP contribution is 2.32. The summed E-state index contributed by atoms with van der Waals surface area (Å²) in [5, 5.41) is 2.85. The Morgan fingerprint density at radius 1 is 1.08 bits per heavy atom. The Bertz CT molecular complexity index is 784. The maximum absolute atomic E-state index is 13.7. The molecule has 6 heteroatoms. The molecule has 3 rings (SSSR count). The topological polar surface area (TPSA) is 49.4 Å². The molecule has 3 amide bonds. The minimum absolute atomic E-state index is 0.234. The van der Waals surface area contributed by atoms with Gasteiger partial charge in [-0.1, -0.05) is 49.4 Å². The Labute approximate surface area is 150 Å². The van der Waals surface area contributed by atoms with Gasteiger partial charge in [-0.25, -0.2) is 9.18 Å². The van der Waals surface area contributed by atoms with Crippen molar-refractivity contribution in [2.75, 3.05) is 12.3 Å². The molecule has 1 heterocycles. The Balaban J connectivity index is 1.72. The monoisotopic (exact) mass is 358 g/mol. The largest absolute Gasteiger partial charge is 0.325 e. The molecular formula is C19H19FN2O2S. The van der Waals surface area contributed by atoms with Crippen LogP contribution in [0.15, 0.2) is 59.5 Å². The van der Waals surface area contributed by atoms with E-state index in [1.54, 1.807) is 18.2 Å². The zero-order chi connectivity index (χ0) is 17.9. The number of halogens is 1. The van der Waals surface area contributed by atoms with Crippen molar-refractivity contribution in [3.8, 4) is 0 Å². The molecule has 0 aromatic heterocycles. The second-order valence-corrected chi connectivity index (χ2v) is 6.93. The lowest BCUT2D eigenvalue weighted by molar-refractivity contribution is -0.131. The van der Waals surface area contributed by atoms with Gasteiger partial charge in [0.1, 0.15) is 11.4 Å². The first kappa shape index (κ1) is 17.5. The first-order valence-corrected chi connectivity index (χ1v) is 9.14. The van der Waals surface area contributed by atoms with E-state index in [1.807, 2.05) is 37.3 Å². The summed E-state index contributed by atoms with van der Waals surface area (Å²) in [6.07, 6.45) is 0.471. The number of hydrogen-bond donors (Lipinski definition) is 1. The van der Waals surface area contributed by atoms with E-state index < -0.39 is 11.6 Å². The Morgan fingerprint density at radius 3 is 2.44 bits per heavy atom. The lowest BCUT2D eigenvalue weighted by Crippen LogP contribution is -2.43. The number of amides is 3. The van der Waals surface area contributed by atoms with E-state index in [4.69, 9.17) is 0 Å². The molecule has 1 fully saturated rings. The number of carbonyl (C=O) groups is 2. The quantitative estimate of drug-likeness (QED) is 0.632. The molecule has 1 aliphatic rings. The second-order valence-electron chi connectivity index (χ2n) is 5.79. The zero-order valence-electron chi connectivity index (χ0n) is 13.9. The molecule has 0 bridgehead atoms. The number of rotatable bonds is 6. The van der Waals surface area contributed by atoms with Gasteiger partial charge in [-0.2, -0.15) is 0 Å². The van der Waals surface area contributed by atoms with Gasteiger partial charge in [-0.15, -0.1) is 11.8 Å². The number of imide groups is 1. The van der Waals surface area contributed by atoms with Crippen molar-refractivity contribution in [1.82, 2.24) is 10.2 Å². The third-order valence-electron chi connectivity index (χ3n) is 4.38. The van der Waals surface area contributed by atoms with Crippen molar-refractivity contribution in [3.05, 3.63) is 66.0 Å². The van der Waals surface area contributed by atoms with Gasteiger partial charge in [0.25, 0.3) is 5.91 Å². The normalized spacial score (nSPS) is 20.0. The number of nitrogens with one attached hydrogen (secondary N) is 1. The van der Waals surface area contributed by atoms with Gasteiger partial charge >= 0.3 is 6.03 Å². The Kier molecular flexibility index (Phi) is 5.08. The minimum Gasteiger partial charge on any atom is -0.319 e. The molecule has 0 spiro atoms. The van der Waals surface area contributed by atoms with Crippen LogP contribution in [-0.2, 0) is 10.3 Å². The van der Waals surface area contributed by atoms with Crippen molar-refractivity contribution in [3.63, 3.8) is 0 Å². The predicted octanol–water partition coefficient (Wildman–Crippen LogP) is 3.78. The number of urea groups is 1. The average Bonchev–Trinajstić information content (AvgIpc) is 2.89. The lowest BCUT2D eigenvalue weighted by atomic mass is 9.87. The molecule has 0 radical (unpaired) electrons. The first-order valence-electron chi connectivity index (χ1n) is 8.15. The molecule has 1 atom stereocenters. The fourth-order valence-corrected chi connectivity index (χ4v) is 3.87. The standard InChI is InChI=1S/C19H19FN2O2S/c1-2-19(14-8-4-3-5-9-14)17(23)22(18(24)21-19)12-13-25-16-11-7-6-10-15(16)20/h3-11H,2,12-13H2,1H3,(H,21,24)/t19-/m0/s1. The highest BCUT2D eigenvalue weighted by Gasteiger charge is 2.50. The molecule has 2 aromatic rings. The van der Waals surface area contributed by atoms with Gasteiger partial charge in [-0.3, -0.25) is 9.69 Å². The first-order chi connectivity index (χ1) is 12.1. The highest BCUT2D eigenvalue weighted by molar-refractivity contribution is 7.99. The average molecular weight is 358 g/mol. The maximum Gasteiger partial charge on any atom is 0.325 e. The van der Waals surface area contributed by atoms with E-state index in [-0.39, 0.29) is 18.3 Å². The zero-order valence-corrected chi connectivity index (χ0v) is 14.7. The van der Waals surface area contributed by atoms with E-state index in [1.165, 1.54) is 22.7 Å². The summed E-state index contributed by atoms with van der Waals surface area (Å²) >= 11 is 1.29. The van der Waals surface area contributed by atoms with Crippen LogP contribution in [0.1, 0.15) is 18.9 Å². The van der Waals surface area contributed by atoms with Gasteiger partial charge in [-0.05, 0) is 24.1 Å². The summed E-state index contributed by atoms with van der Waals surface area (Å²) in [5.74, 6) is -0.105. The third kappa shape index (κ3) is 3.26. The fourth-order valence-electron chi connectivity index (χ4n) is 3.00. The summed E-state index contributed by atoms with van der Waals surface area (Å²) in [7, 11) is 0. The van der Waals surface area contributed by atoms with Gasteiger partial charge in [0, 0.05) is 17.2 Å². The summed E-state index contributed by atoms with van der Waals surface area (Å²) in [6, 6.07) is 15.3. The molecule has 25 heavy (non-hydrogen) atoms. The SMILES string of the molecule is CC[C@@]1(c2ccccc2)NC(=O)N(CCSc2ccccc2F)C1=O. The Hall–Kier alpha value is -2.34. The lowest BCUT2D eigenvalue weighted by Gasteiger charge is -2.25. The summed E-state index contributed by atoms with van der Waals surface area (Å²) < 4.78 is 13.7. The molecule has 1 N–H and O–H groups in total. The number of hydrogen-bond acceptors (Lipinski definition) is 3. The summed E-state index contributed by atoms with van der Waals surface area (Å²) in [5.41, 5.74) is -0.235. The molecular weight excluding hydrogens is 339 g/mol. The van der Waals surface area contributed by atoms with Crippen LogP contribution in [0.25, 0.3) is 0 Å². The van der Waals surface area contributed by atoms with Crippen molar-refractivity contribution >= 4 is 23.7 Å². The van der Waals surface area contributed by atoms with Crippen molar-refractivity contribution in [2.45, 2.75) is 23.8 Å².